The molecule has 2 saturated heterocycles. The number of nitrogens with one attached hydrogen (secondary N) is 1. The Kier molecular flexibility index (Phi) is 6.15. The molecule has 3 heterocycles. The molecule has 4 aliphatic rings. The van der Waals surface area contributed by atoms with Crippen LogP contribution in [0.15, 0.2) is 29.3 Å². The summed E-state index contributed by atoms with van der Waals surface area (Å²) in [5, 5.41) is 3.56. The average Bonchev–Trinajstić information content (AvgIpc) is 3.29. The van der Waals surface area contributed by atoms with Gasteiger partial charge >= 0.3 is 0 Å². The summed E-state index contributed by atoms with van der Waals surface area (Å²) in [6.45, 7) is 6.29. The zero-order chi connectivity index (χ0) is 19.5. The van der Waals surface area contributed by atoms with E-state index in [2.05, 4.69) is 34.5 Å². The lowest BCUT2D eigenvalue weighted by molar-refractivity contribution is 0.189. The van der Waals surface area contributed by atoms with E-state index in [0.29, 0.717) is 5.92 Å². The predicted octanol–water partition coefficient (Wildman–Crippen LogP) is 4.85. The zero-order valence-electron chi connectivity index (χ0n) is 18.0. The van der Waals surface area contributed by atoms with Gasteiger partial charge in [0.2, 0.25) is 0 Å². The third kappa shape index (κ3) is 4.67. The number of fused-ring (bicyclic) bond motifs is 1. The Morgan fingerprint density at radius 3 is 2.69 bits per heavy atom. The van der Waals surface area contributed by atoms with Gasteiger partial charge in [-0.3, -0.25) is 4.99 Å². The van der Waals surface area contributed by atoms with Gasteiger partial charge in [-0.25, -0.2) is 0 Å². The Bertz CT molecular complexity index is 764. The molecule has 1 unspecified atom stereocenters. The number of aliphatic imine (C=N–C) groups is 1. The monoisotopic (exact) mass is 391 g/mol. The fourth-order valence-electron chi connectivity index (χ4n) is 5.81. The van der Waals surface area contributed by atoms with Crippen molar-refractivity contribution in [3.05, 3.63) is 41.0 Å². The normalized spacial score (nSPS) is 26.1. The van der Waals surface area contributed by atoms with Gasteiger partial charge < -0.3 is 10.2 Å². The van der Waals surface area contributed by atoms with Gasteiger partial charge in [-0.1, -0.05) is 18.2 Å². The van der Waals surface area contributed by atoms with Crippen LogP contribution in [0.2, 0.25) is 0 Å². The molecule has 1 aliphatic carbocycles. The molecule has 1 aromatic carbocycles. The van der Waals surface area contributed by atoms with Crippen LogP contribution in [0.1, 0.15) is 68.1 Å². The fourth-order valence-corrected chi connectivity index (χ4v) is 5.81. The number of piperidine rings is 2. The summed E-state index contributed by atoms with van der Waals surface area (Å²) in [4.78, 5) is 7.83. The van der Waals surface area contributed by atoms with Gasteiger partial charge in [-0.15, -0.1) is 0 Å². The first kappa shape index (κ1) is 19.5. The zero-order valence-corrected chi connectivity index (χ0v) is 18.0. The maximum Gasteiger partial charge on any atom is 0.0665 e. The quantitative estimate of drug-likeness (QED) is 0.777. The van der Waals surface area contributed by atoms with Crippen molar-refractivity contribution < 1.29 is 0 Å². The van der Waals surface area contributed by atoms with Gasteiger partial charge in [0.25, 0.3) is 0 Å². The van der Waals surface area contributed by atoms with Crippen molar-refractivity contribution >= 4 is 11.4 Å². The van der Waals surface area contributed by atoms with E-state index in [-0.39, 0.29) is 0 Å². The van der Waals surface area contributed by atoms with Crippen LogP contribution < -0.4 is 5.32 Å². The lowest BCUT2D eigenvalue weighted by Crippen LogP contribution is -2.38. The van der Waals surface area contributed by atoms with Crippen LogP contribution in [0.25, 0.3) is 5.70 Å². The second-order valence-electron chi connectivity index (χ2n) is 9.70. The molecule has 1 N–H and O–H groups in total. The summed E-state index contributed by atoms with van der Waals surface area (Å²) in [6.07, 6.45) is 15.4. The third-order valence-corrected chi connectivity index (χ3v) is 7.72. The van der Waals surface area contributed by atoms with Gasteiger partial charge in [-0.2, -0.15) is 0 Å². The number of benzene rings is 1. The van der Waals surface area contributed by atoms with Crippen molar-refractivity contribution in [3.8, 4) is 0 Å². The minimum absolute atomic E-state index is 0.703. The highest BCUT2D eigenvalue weighted by Gasteiger charge is 2.26. The molecule has 156 valence electrons. The molecular weight excluding hydrogens is 354 g/mol. The number of rotatable bonds is 5. The number of hydrogen-bond acceptors (Lipinski definition) is 3. The topological polar surface area (TPSA) is 27.6 Å². The van der Waals surface area contributed by atoms with Crippen LogP contribution in [-0.4, -0.2) is 43.3 Å². The molecule has 29 heavy (non-hydrogen) atoms. The second-order valence-corrected chi connectivity index (χ2v) is 9.70. The molecule has 0 radical (unpaired) electrons. The average molecular weight is 392 g/mol. The van der Waals surface area contributed by atoms with E-state index in [1.54, 1.807) is 11.1 Å². The van der Waals surface area contributed by atoms with Crippen molar-refractivity contribution in [1.29, 1.82) is 0 Å². The van der Waals surface area contributed by atoms with E-state index in [1.807, 2.05) is 0 Å². The van der Waals surface area contributed by atoms with Gasteiger partial charge in [0, 0.05) is 23.6 Å². The largest absolute Gasteiger partial charge is 0.316 e. The summed E-state index contributed by atoms with van der Waals surface area (Å²) in [7, 11) is 0. The molecule has 3 heteroatoms. The van der Waals surface area contributed by atoms with Crippen LogP contribution in [0.3, 0.4) is 0 Å². The second kappa shape index (κ2) is 9.14. The molecular formula is C26H37N3. The smallest absolute Gasteiger partial charge is 0.0665 e. The molecule has 3 nitrogen and oxygen atoms in total. The third-order valence-electron chi connectivity index (χ3n) is 7.72. The minimum Gasteiger partial charge on any atom is -0.316 e. The summed E-state index contributed by atoms with van der Waals surface area (Å²) in [6, 6.07) is 7.10. The van der Waals surface area contributed by atoms with Crippen molar-refractivity contribution in [2.45, 2.75) is 64.2 Å². The van der Waals surface area contributed by atoms with Crippen molar-refractivity contribution in [3.63, 3.8) is 0 Å². The molecule has 0 bridgehead atoms. The number of likely N-dealkylation sites (tertiary alicyclic amines) is 1. The van der Waals surface area contributed by atoms with Crippen molar-refractivity contribution in [2.24, 2.45) is 16.8 Å². The predicted molar refractivity (Wildman–Crippen MR) is 122 cm³/mol. The number of hydrogen-bond donors (Lipinski definition) is 1. The number of allylic oxidation sites excluding steroid dienone is 1. The van der Waals surface area contributed by atoms with Crippen LogP contribution in [-0.2, 0) is 12.8 Å². The molecule has 1 atom stereocenters. The molecule has 0 saturated carbocycles. The van der Waals surface area contributed by atoms with Crippen LogP contribution in [0.4, 0.5) is 0 Å². The van der Waals surface area contributed by atoms with E-state index < -0.39 is 0 Å². The Morgan fingerprint density at radius 2 is 1.86 bits per heavy atom. The van der Waals surface area contributed by atoms with Crippen LogP contribution >= 0.6 is 0 Å². The van der Waals surface area contributed by atoms with Gasteiger partial charge in [0.05, 0.1) is 5.70 Å². The van der Waals surface area contributed by atoms with Crippen LogP contribution in [0.5, 0.6) is 0 Å². The lowest BCUT2D eigenvalue weighted by Gasteiger charge is -2.33. The number of aryl methyl sites for hydroxylation is 2. The van der Waals surface area contributed by atoms with E-state index in [9.17, 15) is 0 Å². The van der Waals surface area contributed by atoms with E-state index in [4.69, 9.17) is 4.99 Å². The maximum atomic E-state index is 5.13. The Balaban J connectivity index is 1.13. The number of nitrogens with zero attached hydrogens (tertiary/aromatic N) is 2. The standard InChI is InChI=1S/C26H37N3/c1-2-6-23-18-24(8-7-21(23)5-1)26-10-9-25(28-26)22-12-16-29(17-13-22)15-11-20-4-3-14-27-19-20/h7-8,10,18,20,22,27H,1-6,9,11-17,19H2. The molecule has 0 aromatic heterocycles. The lowest BCUT2D eigenvalue weighted by atomic mass is 9.90. The Labute approximate surface area is 176 Å². The molecule has 5 rings (SSSR count). The first-order valence-electron chi connectivity index (χ1n) is 12.2. The van der Waals surface area contributed by atoms with Gasteiger partial charge in [0.15, 0.2) is 0 Å². The van der Waals surface area contributed by atoms with Crippen molar-refractivity contribution in [2.75, 3.05) is 32.7 Å². The highest BCUT2D eigenvalue weighted by Crippen LogP contribution is 2.31. The summed E-state index contributed by atoms with van der Waals surface area (Å²) < 4.78 is 0. The summed E-state index contributed by atoms with van der Waals surface area (Å²) in [5.41, 5.74) is 7.17. The SMILES string of the molecule is C1=C(c2ccc3c(c2)CCCC3)N=C(C2CCN(CCC3CCCNC3)CC2)C1. The highest BCUT2D eigenvalue weighted by atomic mass is 15.1. The van der Waals surface area contributed by atoms with Gasteiger partial charge in [0.1, 0.15) is 0 Å². The highest BCUT2D eigenvalue weighted by molar-refractivity contribution is 5.97. The fraction of sp³-hybridized carbons (Fsp3) is 0.654. The van der Waals surface area contributed by atoms with Gasteiger partial charge in [-0.05, 0) is 114 Å². The Hall–Kier alpha value is -1.45. The van der Waals surface area contributed by atoms with E-state index >= 15 is 0 Å². The molecule has 0 amide bonds. The maximum absolute atomic E-state index is 5.13. The summed E-state index contributed by atoms with van der Waals surface area (Å²) >= 11 is 0. The first-order chi connectivity index (χ1) is 14.3. The minimum atomic E-state index is 0.703. The van der Waals surface area contributed by atoms with E-state index in [1.165, 1.54) is 107 Å². The van der Waals surface area contributed by atoms with E-state index in [0.717, 1.165) is 12.3 Å². The molecule has 1 aromatic rings. The van der Waals surface area contributed by atoms with Crippen LogP contribution in [0, 0.1) is 11.8 Å². The Morgan fingerprint density at radius 1 is 1.00 bits per heavy atom. The first-order valence-corrected chi connectivity index (χ1v) is 12.2. The molecule has 2 fully saturated rings. The van der Waals surface area contributed by atoms with Crippen molar-refractivity contribution in [1.82, 2.24) is 10.2 Å². The summed E-state index contributed by atoms with van der Waals surface area (Å²) in [5.74, 6) is 1.61. The molecule has 3 aliphatic heterocycles. The molecule has 0 spiro atoms.